The second-order valence-electron chi connectivity index (χ2n) is 7.51. The maximum absolute atomic E-state index is 13.6. The number of H-pyrrole nitrogens is 1. The predicted molar refractivity (Wildman–Crippen MR) is 115 cm³/mol. The average molecular weight is 443 g/mol. The van der Waals surface area contributed by atoms with Crippen molar-refractivity contribution >= 4 is 23.0 Å². The van der Waals surface area contributed by atoms with Gasteiger partial charge in [0.2, 0.25) is 0 Å². The highest BCUT2D eigenvalue weighted by atomic mass is 35.5. The summed E-state index contributed by atoms with van der Waals surface area (Å²) in [5.74, 6) is 0.863. The van der Waals surface area contributed by atoms with E-state index in [2.05, 4.69) is 25.8 Å². The minimum atomic E-state index is -0.365. The van der Waals surface area contributed by atoms with Gasteiger partial charge < -0.3 is 19.4 Å². The quantitative estimate of drug-likeness (QED) is 0.669. The first-order chi connectivity index (χ1) is 15.1. The van der Waals surface area contributed by atoms with E-state index in [1.807, 2.05) is 6.07 Å². The van der Waals surface area contributed by atoms with Crippen LogP contribution in [0.15, 0.2) is 47.5 Å². The van der Waals surface area contributed by atoms with Gasteiger partial charge in [0.25, 0.3) is 0 Å². The van der Waals surface area contributed by atoms with Crippen LogP contribution in [0.2, 0.25) is 5.02 Å². The summed E-state index contributed by atoms with van der Waals surface area (Å²) in [5, 5.41) is 0.537. The summed E-state index contributed by atoms with van der Waals surface area (Å²) >= 11 is 6.61. The fourth-order valence-electron chi connectivity index (χ4n) is 3.98. The molecule has 0 atom stereocenters. The molecule has 0 unspecified atom stereocenters. The molecule has 0 bridgehead atoms. The van der Waals surface area contributed by atoms with Crippen LogP contribution in [0, 0.1) is 5.82 Å². The van der Waals surface area contributed by atoms with Crippen molar-refractivity contribution < 1.29 is 13.9 Å². The van der Waals surface area contributed by atoms with Gasteiger partial charge in [0.1, 0.15) is 30.5 Å². The number of hydrogen-bond acceptors (Lipinski definition) is 6. The Bertz CT molecular complexity index is 1170. The molecule has 1 aromatic heterocycles. The molecule has 9 heteroatoms. The molecular formula is C22H20ClFN4O3. The number of aromatic nitrogens is 2. The topological polar surface area (TPSA) is 70.7 Å². The Morgan fingerprint density at radius 1 is 1.16 bits per heavy atom. The number of rotatable bonds is 3. The lowest BCUT2D eigenvalue weighted by atomic mass is 10.1. The first kappa shape index (κ1) is 19.8. The van der Waals surface area contributed by atoms with Gasteiger partial charge in [-0.15, -0.1) is 0 Å². The lowest BCUT2D eigenvalue weighted by molar-refractivity contribution is 0.219. The number of fused-ring (bicyclic) bond motifs is 2. The molecule has 0 saturated carbocycles. The standard InChI is InChI=1S/C22H20ClFN4O3/c23-18-9-17(28-4-6-30-20-8-16(24)1-2-19(20)28)7-15-13-27(3-5-31-21(15)18)12-14-10-25-22(29)26-11-14/h1-2,7-11H,3-6,12-13H2,(H,25,26,29). The van der Waals surface area contributed by atoms with Gasteiger partial charge in [-0.05, 0) is 24.3 Å². The van der Waals surface area contributed by atoms with Gasteiger partial charge >= 0.3 is 5.69 Å². The molecule has 31 heavy (non-hydrogen) atoms. The Balaban J connectivity index is 1.46. The van der Waals surface area contributed by atoms with Crippen LogP contribution in [0.25, 0.3) is 0 Å². The molecule has 0 spiro atoms. The first-order valence-corrected chi connectivity index (χ1v) is 10.4. The molecule has 1 N–H and O–H groups in total. The summed E-state index contributed by atoms with van der Waals surface area (Å²) < 4.78 is 25.2. The number of nitrogens with zero attached hydrogens (tertiary/aromatic N) is 3. The van der Waals surface area contributed by atoms with Crippen molar-refractivity contribution in [1.82, 2.24) is 14.9 Å². The smallest absolute Gasteiger partial charge is 0.344 e. The normalized spacial score (nSPS) is 16.0. The molecule has 7 nitrogen and oxygen atoms in total. The number of hydrogen-bond donors (Lipinski definition) is 1. The first-order valence-electron chi connectivity index (χ1n) is 9.98. The number of ether oxygens (including phenoxy) is 2. The van der Waals surface area contributed by atoms with E-state index >= 15 is 0 Å². The Morgan fingerprint density at radius 3 is 2.87 bits per heavy atom. The highest BCUT2D eigenvalue weighted by molar-refractivity contribution is 6.32. The molecule has 3 aromatic rings. The van der Waals surface area contributed by atoms with E-state index in [0.29, 0.717) is 55.9 Å². The second-order valence-corrected chi connectivity index (χ2v) is 7.92. The van der Waals surface area contributed by atoms with E-state index in [0.717, 1.165) is 22.5 Å². The van der Waals surface area contributed by atoms with E-state index in [4.69, 9.17) is 21.1 Å². The van der Waals surface area contributed by atoms with Crippen molar-refractivity contribution in [3.05, 3.63) is 75.2 Å². The van der Waals surface area contributed by atoms with Gasteiger partial charge in [0.05, 0.1) is 17.3 Å². The van der Waals surface area contributed by atoms with Gasteiger partial charge in [0.15, 0.2) is 0 Å². The number of halogens is 2. The molecule has 5 rings (SSSR count). The molecule has 0 saturated heterocycles. The molecule has 0 amide bonds. The third-order valence-electron chi connectivity index (χ3n) is 5.38. The SMILES string of the molecule is O=c1ncc(CN2CCOc3c(Cl)cc(N4CCOc5cc(F)ccc54)cc3C2)c[nH]1. The molecule has 0 aliphatic carbocycles. The lowest BCUT2D eigenvalue weighted by Gasteiger charge is -2.32. The van der Waals surface area contributed by atoms with Crippen molar-refractivity contribution in [3.8, 4) is 11.5 Å². The highest BCUT2D eigenvalue weighted by Crippen LogP contribution is 2.41. The summed E-state index contributed by atoms with van der Waals surface area (Å²) in [7, 11) is 0. The Kier molecular flexibility index (Phi) is 5.25. The zero-order chi connectivity index (χ0) is 21.4. The van der Waals surface area contributed by atoms with Crippen molar-refractivity contribution in [3.63, 3.8) is 0 Å². The minimum Gasteiger partial charge on any atom is -0.490 e. The van der Waals surface area contributed by atoms with Crippen molar-refractivity contribution in [2.24, 2.45) is 0 Å². The summed E-state index contributed by atoms with van der Waals surface area (Å²) in [6.07, 6.45) is 3.26. The Morgan fingerprint density at radius 2 is 2.03 bits per heavy atom. The van der Waals surface area contributed by atoms with Crippen LogP contribution >= 0.6 is 11.6 Å². The monoisotopic (exact) mass is 442 g/mol. The number of benzene rings is 2. The van der Waals surface area contributed by atoms with Crippen LogP contribution in [0.5, 0.6) is 11.5 Å². The van der Waals surface area contributed by atoms with Crippen LogP contribution in [-0.4, -0.2) is 41.2 Å². The van der Waals surface area contributed by atoms with Gasteiger partial charge in [-0.1, -0.05) is 11.6 Å². The van der Waals surface area contributed by atoms with Gasteiger partial charge in [-0.2, -0.15) is 0 Å². The molecule has 2 aromatic carbocycles. The van der Waals surface area contributed by atoms with Crippen LogP contribution in [0.3, 0.4) is 0 Å². The second kappa shape index (κ2) is 8.20. The molecule has 2 aliphatic rings. The van der Waals surface area contributed by atoms with Crippen LogP contribution in [-0.2, 0) is 13.1 Å². The maximum atomic E-state index is 13.6. The third kappa shape index (κ3) is 4.08. The molecule has 3 heterocycles. The minimum absolute atomic E-state index is 0.332. The zero-order valence-electron chi connectivity index (χ0n) is 16.6. The Hall–Kier alpha value is -3.10. The Labute approximate surface area is 183 Å². The van der Waals surface area contributed by atoms with E-state index < -0.39 is 0 Å². The van der Waals surface area contributed by atoms with E-state index in [1.54, 1.807) is 18.5 Å². The van der Waals surface area contributed by atoms with Crippen LogP contribution in [0.1, 0.15) is 11.1 Å². The van der Waals surface area contributed by atoms with Gasteiger partial charge in [-0.3, -0.25) is 4.90 Å². The molecule has 2 aliphatic heterocycles. The third-order valence-corrected chi connectivity index (χ3v) is 5.67. The van der Waals surface area contributed by atoms with Crippen molar-refractivity contribution in [2.45, 2.75) is 13.1 Å². The van der Waals surface area contributed by atoms with E-state index in [-0.39, 0.29) is 11.5 Å². The summed E-state index contributed by atoms with van der Waals surface area (Å²) in [5.41, 5.74) is 3.21. The van der Waals surface area contributed by atoms with Gasteiger partial charge in [0, 0.05) is 54.9 Å². The number of anilines is 2. The summed E-state index contributed by atoms with van der Waals surface area (Å²) in [6, 6.07) is 8.48. The van der Waals surface area contributed by atoms with Crippen molar-refractivity contribution in [1.29, 1.82) is 0 Å². The molecule has 160 valence electrons. The highest BCUT2D eigenvalue weighted by Gasteiger charge is 2.24. The lowest BCUT2D eigenvalue weighted by Crippen LogP contribution is -2.29. The average Bonchev–Trinajstić information content (AvgIpc) is 2.97. The predicted octanol–water partition coefficient (Wildman–Crippen LogP) is 3.49. The molecule has 0 radical (unpaired) electrons. The molecular weight excluding hydrogens is 423 g/mol. The summed E-state index contributed by atoms with van der Waals surface area (Å²) in [4.78, 5) is 21.9. The van der Waals surface area contributed by atoms with Crippen LogP contribution in [0.4, 0.5) is 15.8 Å². The number of nitrogens with one attached hydrogen (secondary N) is 1. The van der Waals surface area contributed by atoms with Crippen LogP contribution < -0.4 is 20.1 Å². The van der Waals surface area contributed by atoms with E-state index in [1.165, 1.54) is 12.1 Å². The summed E-state index contributed by atoms with van der Waals surface area (Å²) in [6.45, 7) is 3.53. The van der Waals surface area contributed by atoms with Crippen molar-refractivity contribution in [2.75, 3.05) is 31.2 Å². The van der Waals surface area contributed by atoms with E-state index in [9.17, 15) is 9.18 Å². The fraction of sp³-hybridized carbons (Fsp3) is 0.273. The van der Waals surface area contributed by atoms with Gasteiger partial charge in [-0.25, -0.2) is 14.2 Å². The number of aromatic amines is 1. The molecule has 0 fully saturated rings. The fourth-order valence-corrected chi connectivity index (χ4v) is 4.27. The zero-order valence-corrected chi connectivity index (χ0v) is 17.4. The largest absolute Gasteiger partial charge is 0.490 e. The maximum Gasteiger partial charge on any atom is 0.344 e.